The standard InChI is InChI=1S/C20H22OS2/c21-20(14-8-3-9-15-20)19(23-18-12-6-2-7-13-18)16-22-17-10-4-1-5-11-17/h1-2,4-7,10-13,16,21H,3,8-9,14-15H2/b19-16+. The molecule has 0 aliphatic heterocycles. The predicted octanol–water partition coefficient (Wildman–Crippen LogP) is 6.11. The molecule has 120 valence electrons. The van der Waals surface area contributed by atoms with Crippen LogP contribution in [0.2, 0.25) is 0 Å². The van der Waals surface area contributed by atoms with Gasteiger partial charge in [-0.05, 0) is 42.5 Å². The summed E-state index contributed by atoms with van der Waals surface area (Å²) in [7, 11) is 0. The monoisotopic (exact) mass is 342 g/mol. The molecule has 0 unspecified atom stereocenters. The molecule has 0 amide bonds. The molecule has 1 N–H and O–H groups in total. The molecule has 0 spiro atoms. The van der Waals surface area contributed by atoms with Gasteiger partial charge in [0.05, 0.1) is 5.60 Å². The van der Waals surface area contributed by atoms with Gasteiger partial charge in [0.1, 0.15) is 0 Å². The SMILES string of the molecule is OC1(/C(=C\Sc2ccccc2)Sc2ccccc2)CCCCC1. The Morgan fingerprint density at radius 3 is 2.00 bits per heavy atom. The zero-order chi connectivity index (χ0) is 16.0. The average Bonchev–Trinajstić information content (AvgIpc) is 2.61. The van der Waals surface area contributed by atoms with Crippen LogP contribution < -0.4 is 0 Å². The van der Waals surface area contributed by atoms with Crippen LogP contribution in [0.4, 0.5) is 0 Å². The van der Waals surface area contributed by atoms with Crippen molar-refractivity contribution in [1.82, 2.24) is 0 Å². The summed E-state index contributed by atoms with van der Waals surface area (Å²) in [6.07, 6.45) is 5.19. The van der Waals surface area contributed by atoms with Crippen LogP contribution in [0.5, 0.6) is 0 Å². The largest absolute Gasteiger partial charge is 0.385 e. The van der Waals surface area contributed by atoms with E-state index in [-0.39, 0.29) is 0 Å². The molecule has 1 saturated carbocycles. The van der Waals surface area contributed by atoms with Gasteiger partial charge in [0.15, 0.2) is 0 Å². The minimum absolute atomic E-state index is 0.666. The molecular formula is C20H22OS2. The molecule has 3 rings (SSSR count). The first kappa shape index (κ1) is 16.7. The van der Waals surface area contributed by atoms with Crippen molar-refractivity contribution in [3.8, 4) is 0 Å². The second-order valence-electron chi connectivity index (χ2n) is 5.92. The zero-order valence-corrected chi connectivity index (χ0v) is 14.8. The summed E-state index contributed by atoms with van der Waals surface area (Å²) in [5.41, 5.74) is -0.666. The van der Waals surface area contributed by atoms with Crippen LogP contribution in [0.15, 0.2) is 80.8 Å². The van der Waals surface area contributed by atoms with E-state index in [1.54, 1.807) is 23.5 Å². The first-order chi connectivity index (χ1) is 11.3. The second-order valence-corrected chi connectivity index (χ2v) is 7.98. The number of hydrogen-bond donors (Lipinski definition) is 1. The van der Waals surface area contributed by atoms with E-state index in [1.165, 1.54) is 16.2 Å². The summed E-state index contributed by atoms with van der Waals surface area (Å²) in [5.74, 6) is 0. The molecular weight excluding hydrogens is 320 g/mol. The fourth-order valence-corrected chi connectivity index (χ4v) is 4.90. The summed E-state index contributed by atoms with van der Waals surface area (Å²) < 4.78 is 0. The smallest absolute Gasteiger partial charge is 0.0963 e. The van der Waals surface area contributed by atoms with Gasteiger partial charge in [-0.2, -0.15) is 0 Å². The lowest BCUT2D eigenvalue weighted by molar-refractivity contribution is 0.0478. The van der Waals surface area contributed by atoms with Gasteiger partial charge in [-0.3, -0.25) is 0 Å². The summed E-state index contributed by atoms with van der Waals surface area (Å²) in [5, 5.41) is 13.3. The highest BCUT2D eigenvalue weighted by atomic mass is 32.2. The molecule has 1 aliphatic carbocycles. The lowest BCUT2D eigenvalue weighted by Crippen LogP contribution is -2.32. The Morgan fingerprint density at radius 1 is 0.826 bits per heavy atom. The van der Waals surface area contributed by atoms with Crippen molar-refractivity contribution in [2.45, 2.75) is 47.5 Å². The third kappa shape index (κ3) is 4.66. The van der Waals surface area contributed by atoms with E-state index in [0.717, 1.165) is 30.6 Å². The molecule has 0 radical (unpaired) electrons. The van der Waals surface area contributed by atoms with Gasteiger partial charge >= 0.3 is 0 Å². The molecule has 2 aromatic rings. The second kappa shape index (κ2) is 8.09. The molecule has 2 aromatic carbocycles. The molecule has 0 saturated heterocycles. The molecule has 1 nitrogen and oxygen atoms in total. The van der Waals surface area contributed by atoms with Crippen LogP contribution in [-0.4, -0.2) is 10.7 Å². The van der Waals surface area contributed by atoms with E-state index in [9.17, 15) is 5.11 Å². The summed E-state index contributed by atoms with van der Waals surface area (Å²) in [6, 6.07) is 20.7. The Balaban J connectivity index is 1.83. The van der Waals surface area contributed by atoms with Gasteiger partial charge in [0.25, 0.3) is 0 Å². The molecule has 0 heterocycles. The Labute approximate surface area is 147 Å². The lowest BCUT2D eigenvalue weighted by atomic mass is 9.85. The molecule has 23 heavy (non-hydrogen) atoms. The molecule has 0 aromatic heterocycles. The topological polar surface area (TPSA) is 20.2 Å². The van der Waals surface area contributed by atoms with Crippen molar-refractivity contribution in [3.63, 3.8) is 0 Å². The lowest BCUT2D eigenvalue weighted by Gasteiger charge is -2.34. The van der Waals surface area contributed by atoms with Gasteiger partial charge < -0.3 is 5.11 Å². The van der Waals surface area contributed by atoms with Crippen molar-refractivity contribution in [2.75, 3.05) is 0 Å². The molecule has 1 aliphatic rings. The van der Waals surface area contributed by atoms with E-state index < -0.39 is 5.60 Å². The van der Waals surface area contributed by atoms with E-state index in [2.05, 4.69) is 53.9 Å². The van der Waals surface area contributed by atoms with Crippen LogP contribution in [-0.2, 0) is 0 Å². The highest BCUT2D eigenvalue weighted by Crippen LogP contribution is 2.44. The third-order valence-corrected chi connectivity index (χ3v) is 6.43. The van der Waals surface area contributed by atoms with E-state index in [1.807, 2.05) is 12.1 Å². The van der Waals surface area contributed by atoms with Crippen molar-refractivity contribution in [1.29, 1.82) is 0 Å². The van der Waals surface area contributed by atoms with Gasteiger partial charge in [-0.1, -0.05) is 79.2 Å². The first-order valence-corrected chi connectivity index (χ1v) is 9.83. The van der Waals surface area contributed by atoms with Crippen LogP contribution in [0.1, 0.15) is 32.1 Å². The Kier molecular flexibility index (Phi) is 5.87. The maximum atomic E-state index is 11.2. The number of benzene rings is 2. The van der Waals surface area contributed by atoms with Crippen molar-refractivity contribution < 1.29 is 5.11 Å². The van der Waals surface area contributed by atoms with Gasteiger partial charge in [0, 0.05) is 14.7 Å². The molecule has 0 bridgehead atoms. The molecule has 0 atom stereocenters. The Morgan fingerprint density at radius 2 is 1.39 bits per heavy atom. The van der Waals surface area contributed by atoms with Crippen molar-refractivity contribution in [3.05, 3.63) is 71.0 Å². The average molecular weight is 343 g/mol. The first-order valence-electron chi connectivity index (χ1n) is 8.14. The van der Waals surface area contributed by atoms with Crippen molar-refractivity contribution >= 4 is 23.5 Å². The van der Waals surface area contributed by atoms with Crippen LogP contribution in [0.3, 0.4) is 0 Å². The van der Waals surface area contributed by atoms with Crippen LogP contribution in [0.25, 0.3) is 0 Å². The maximum Gasteiger partial charge on any atom is 0.0963 e. The number of rotatable bonds is 5. The summed E-state index contributed by atoms with van der Waals surface area (Å²) in [6.45, 7) is 0. The van der Waals surface area contributed by atoms with Crippen LogP contribution in [0, 0.1) is 0 Å². The van der Waals surface area contributed by atoms with Crippen LogP contribution >= 0.6 is 23.5 Å². The third-order valence-electron chi connectivity index (χ3n) is 4.16. The predicted molar refractivity (Wildman–Crippen MR) is 101 cm³/mol. The number of aliphatic hydroxyl groups is 1. The normalized spacial score (nSPS) is 17.9. The van der Waals surface area contributed by atoms with Gasteiger partial charge in [-0.25, -0.2) is 0 Å². The minimum atomic E-state index is -0.666. The van der Waals surface area contributed by atoms with Gasteiger partial charge in [0.2, 0.25) is 0 Å². The Bertz CT molecular complexity index is 631. The Hall–Kier alpha value is -1.16. The highest BCUT2D eigenvalue weighted by molar-refractivity contribution is 8.06. The van der Waals surface area contributed by atoms with E-state index in [0.29, 0.717) is 0 Å². The van der Waals surface area contributed by atoms with E-state index >= 15 is 0 Å². The zero-order valence-electron chi connectivity index (χ0n) is 13.2. The highest BCUT2D eigenvalue weighted by Gasteiger charge is 2.33. The quantitative estimate of drug-likeness (QED) is 0.662. The molecule has 1 fully saturated rings. The minimum Gasteiger partial charge on any atom is -0.385 e. The fraction of sp³-hybridized carbons (Fsp3) is 0.300. The summed E-state index contributed by atoms with van der Waals surface area (Å²) >= 11 is 3.40. The molecule has 3 heteroatoms. The van der Waals surface area contributed by atoms with E-state index in [4.69, 9.17) is 0 Å². The van der Waals surface area contributed by atoms with Crippen molar-refractivity contribution in [2.24, 2.45) is 0 Å². The number of thioether (sulfide) groups is 2. The fourth-order valence-electron chi connectivity index (χ4n) is 2.85. The van der Waals surface area contributed by atoms with Gasteiger partial charge in [-0.15, -0.1) is 0 Å². The maximum absolute atomic E-state index is 11.2. The summed E-state index contributed by atoms with van der Waals surface area (Å²) in [4.78, 5) is 3.47. The number of hydrogen-bond acceptors (Lipinski definition) is 3.